The minimum Gasteiger partial charge on any atom is -0.484 e. The number of esters is 1. The first-order valence-corrected chi connectivity index (χ1v) is 10.1. The average molecular weight is 388 g/mol. The molecule has 1 amide bonds. The van der Waals surface area contributed by atoms with Crippen molar-refractivity contribution in [2.75, 3.05) is 18.5 Å². The lowest BCUT2D eigenvalue weighted by Gasteiger charge is -2.18. The number of anilines is 1. The van der Waals surface area contributed by atoms with Gasteiger partial charge in [-0.15, -0.1) is 11.3 Å². The van der Waals surface area contributed by atoms with Crippen molar-refractivity contribution in [3.8, 4) is 5.75 Å². The van der Waals surface area contributed by atoms with Crippen LogP contribution in [-0.4, -0.2) is 25.1 Å². The van der Waals surface area contributed by atoms with Crippen LogP contribution in [0.15, 0.2) is 24.3 Å². The van der Waals surface area contributed by atoms with Gasteiger partial charge in [0.05, 0.1) is 12.2 Å². The molecular formula is C21H25NO4S. The molecule has 3 rings (SSSR count). The topological polar surface area (TPSA) is 64.6 Å². The van der Waals surface area contributed by atoms with Gasteiger partial charge >= 0.3 is 5.97 Å². The van der Waals surface area contributed by atoms with E-state index in [1.807, 2.05) is 31.2 Å². The van der Waals surface area contributed by atoms with Gasteiger partial charge < -0.3 is 14.8 Å². The third-order valence-corrected chi connectivity index (χ3v) is 5.80. The van der Waals surface area contributed by atoms with Gasteiger partial charge in [-0.25, -0.2) is 4.79 Å². The first-order chi connectivity index (χ1) is 13.0. The quantitative estimate of drug-likeness (QED) is 0.747. The molecule has 2 aromatic rings. The third-order valence-electron chi connectivity index (χ3n) is 4.64. The van der Waals surface area contributed by atoms with Crippen LogP contribution in [0.25, 0.3) is 0 Å². The second kappa shape index (κ2) is 8.57. The molecule has 0 aliphatic heterocycles. The minimum atomic E-state index is -0.362. The standard InChI is InChI=1S/C21H25NO4S/c1-4-25-21(24)19-16-10-7-14(3)11-17(16)27-20(19)22-18(23)12-26-15-8-5-13(2)6-9-15/h5-6,8-9,14H,4,7,10-12H2,1-3H3,(H,22,23)/t14-/m1/s1. The Hall–Kier alpha value is -2.34. The predicted molar refractivity (Wildman–Crippen MR) is 107 cm³/mol. The molecule has 1 N–H and O–H groups in total. The Morgan fingerprint density at radius 2 is 2.00 bits per heavy atom. The van der Waals surface area contributed by atoms with Gasteiger partial charge in [-0.1, -0.05) is 24.6 Å². The molecule has 144 valence electrons. The molecule has 0 radical (unpaired) electrons. The highest BCUT2D eigenvalue weighted by Crippen LogP contribution is 2.40. The highest BCUT2D eigenvalue weighted by Gasteiger charge is 2.29. The van der Waals surface area contributed by atoms with Crippen LogP contribution >= 0.6 is 11.3 Å². The second-order valence-corrected chi connectivity index (χ2v) is 8.03. The summed E-state index contributed by atoms with van der Waals surface area (Å²) in [6, 6.07) is 7.52. The van der Waals surface area contributed by atoms with Gasteiger partial charge in [-0.3, -0.25) is 4.79 Å². The van der Waals surface area contributed by atoms with Crippen molar-refractivity contribution in [2.45, 2.75) is 40.0 Å². The Bertz CT molecular complexity index is 825. The summed E-state index contributed by atoms with van der Waals surface area (Å²) in [6.07, 6.45) is 2.82. The van der Waals surface area contributed by atoms with Crippen LogP contribution in [0.3, 0.4) is 0 Å². The van der Waals surface area contributed by atoms with Gasteiger partial charge in [-0.05, 0) is 56.7 Å². The van der Waals surface area contributed by atoms with Crippen LogP contribution in [0.2, 0.25) is 0 Å². The van der Waals surface area contributed by atoms with Crippen molar-refractivity contribution in [1.29, 1.82) is 0 Å². The lowest BCUT2D eigenvalue weighted by Crippen LogP contribution is -2.21. The van der Waals surface area contributed by atoms with Crippen molar-refractivity contribution in [3.05, 3.63) is 45.8 Å². The van der Waals surface area contributed by atoms with Crippen molar-refractivity contribution < 1.29 is 19.1 Å². The molecule has 1 aliphatic rings. The number of rotatable bonds is 6. The summed E-state index contributed by atoms with van der Waals surface area (Å²) in [5.41, 5.74) is 2.68. The van der Waals surface area contributed by atoms with Crippen molar-refractivity contribution in [1.82, 2.24) is 0 Å². The number of carbonyl (C=O) groups excluding carboxylic acids is 2. The fraction of sp³-hybridized carbons (Fsp3) is 0.429. The Balaban J connectivity index is 1.73. The summed E-state index contributed by atoms with van der Waals surface area (Å²) in [6.45, 7) is 6.19. The lowest BCUT2D eigenvalue weighted by molar-refractivity contribution is -0.118. The van der Waals surface area contributed by atoms with Gasteiger partial charge in [0.15, 0.2) is 6.61 Å². The highest BCUT2D eigenvalue weighted by molar-refractivity contribution is 7.17. The molecule has 0 fully saturated rings. The van der Waals surface area contributed by atoms with E-state index in [0.29, 0.717) is 28.8 Å². The molecule has 0 spiro atoms. The summed E-state index contributed by atoms with van der Waals surface area (Å²) in [7, 11) is 0. The first kappa shape index (κ1) is 19.4. The Labute approximate surface area is 163 Å². The summed E-state index contributed by atoms with van der Waals surface area (Å²) < 4.78 is 10.8. The number of benzene rings is 1. The maximum absolute atomic E-state index is 12.5. The zero-order valence-electron chi connectivity index (χ0n) is 16.0. The summed E-state index contributed by atoms with van der Waals surface area (Å²) in [5, 5.41) is 3.43. The zero-order valence-corrected chi connectivity index (χ0v) is 16.8. The van der Waals surface area contributed by atoms with E-state index >= 15 is 0 Å². The zero-order chi connectivity index (χ0) is 19.4. The number of ether oxygens (including phenoxy) is 2. The minimum absolute atomic E-state index is 0.107. The number of hydrogen-bond acceptors (Lipinski definition) is 5. The van der Waals surface area contributed by atoms with Crippen LogP contribution in [0.4, 0.5) is 5.00 Å². The normalized spacial score (nSPS) is 15.7. The monoisotopic (exact) mass is 387 g/mol. The van der Waals surface area contributed by atoms with E-state index in [-0.39, 0.29) is 18.5 Å². The van der Waals surface area contributed by atoms with E-state index in [9.17, 15) is 9.59 Å². The number of hydrogen-bond donors (Lipinski definition) is 1. The number of thiophene rings is 1. The van der Waals surface area contributed by atoms with Gasteiger partial charge in [0, 0.05) is 4.88 Å². The molecular weight excluding hydrogens is 362 g/mol. The summed E-state index contributed by atoms with van der Waals surface area (Å²) in [5.74, 6) is 0.576. The molecule has 6 heteroatoms. The molecule has 1 atom stereocenters. The molecule has 0 bridgehead atoms. The molecule has 0 saturated carbocycles. The number of carbonyl (C=O) groups is 2. The largest absolute Gasteiger partial charge is 0.484 e. The maximum Gasteiger partial charge on any atom is 0.341 e. The highest BCUT2D eigenvalue weighted by atomic mass is 32.1. The van der Waals surface area contributed by atoms with E-state index < -0.39 is 0 Å². The molecule has 1 aromatic heterocycles. The van der Waals surface area contributed by atoms with Crippen molar-refractivity contribution >= 4 is 28.2 Å². The molecule has 0 unspecified atom stereocenters. The lowest BCUT2D eigenvalue weighted by atomic mass is 9.88. The van der Waals surface area contributed by atoms with Crippen LogP contribution in [-0.2, 0) is 22.4 Å². The van der Waals surface area contributed by atoms with Crippen LogP contribution in [0, 0.1) is 12.8 Å². The molecule has 27 heavy (non-hydrogen) atoms. The Kier molecular flexibility index (Phi) is 6.16. The first-order valence-electron chi connectivity index (χ1n) is 9.29. The van der Waals surface area contributed by atoms with E-state index in [1.165, 1.54) is 16.2 Å². The van der Waals surface area contributed by atoms with Crippen LogP contribution in [0.1, 0.15) is 46.6 Å². The molecule has 0 saturated heterocycles. The number of amides is 1. The van der Waals surface area contributed by atoms with Gasteiger partial charge in [0.25, 0.3) is 5.91 Å². The molecule has 1 heterocycles. The summed E-state index contributed by atoms with van der Waals surface area (Å²) >= 11 is 1.48. The predicted octanol–water partition coefficient (Wildman–Crippen LogP) is 4.38. The summed E-state index contributed by atoms with van der Waals surface area (Å²) in [4.78, 5) is 26.0. The molecule has 1 aliphatic carbocycles. The Morgan fingerprint density at radius 1 is 1.26 bits per heavy atom. The second-order valence-electron chi connectivity index (χ2n) is 6.93. The number of fused-ring (bicyclic) bond motifs is 1. The van der Waals surface area contributed by atoms with Crippen molar-refractivity contribution in [3.63, 3.8) is 0 Å². The van der Waals surface area contributed by atoms with E-state index in [4.69, 9.17) is 9.47 Å². The van der Waals surface area contributed by atoms with Crippen LogP contribution in [0.5, 0.6) is 5.75 Å². The third kappa shape index (κ3) is 4.69. The fourth-order valence-electron chi connectivity index (χ4n) is 3.20. The van der Waals surface area contributed by atoms with E-state index in [0.717, 1.165) is 30.4 Å². The van der Waals surface area contributed by atoms with Gasteiger partial charge in [-0.2, -0.15) is 0 Å². The van der Waals surface area contributed by atoms with E-state index in [2.05, 4.69) is 12.2 Å². The maximum atomic E-state index is 12.5. The SMILES string of the molecule is CCOC(=O)c1c(NC(=O)COc2ccc(C)cc2)sc2c1CC[C@@H](C)C2. The van der Waals surface area contributed by atoms with Gasteiger partial charge in [0.2, 0.25) is 0 Å². The average Bonchev–Trinajstić information content (AvgIpc) is 2.98. The van der Waals surface area contributed by atoms with Gasteiger partial charge in [0.1, 0.15) is 10.8 Å². The number of aryl methyl sites for hydroxylation is 1. The van der Waals surface area contributed by atoms with E-state index in [1.54, 1.807) is 6.92 Å². The molecule has 1 aromatic carbocycles. The number of nitrogens with one attached hydrogen (secondary N) is 1. The Morgan fingerprint density at radius 3 is 2.70 bits per heavy atom. The molecule has 5 nitrogen and oxygen atoms in total. The van der Waals surface area contributed by atoms with Crippen molar-refractivity contribution in [2.24, 2.45) is 5.92 Å². The fourth-order valence-corrected chi connectivity index (χ4v) is 4.62. The smallest absolute Gasteiger partial charge is 0.341 e. The van der Waals surface area contributed by atoms with Crippen LogP contribution < -0.4 is 10.1 Å².